The number of rotatable bonds is 6. The SMILES string of the molecule is CS(=O)(=O)Nc1ccccc1CC(=O)Nc1cccc(-c2cn3c(n2)CCCC3)c1. The minimum atomic E-state index is -3.42. The number of sulfonamides is 1. The lowest BCUT2D eigenvalue weighted by Gasteiger charge is -2.11. The maximum atomic E-state index is 12.6. The van der Waals surface area contributed by atoms with Gasteiger partial charge in [-0.2, -0.15) is 0 Å². The van der Waals surface area contributed by atoms with Crippen LogP contribution < -0.4 is 10.0 Å². The number of aromatic nitrogens is 2. The normalized spacial score (nSPS) is 13.5. The van der Waals surface area contributed by atoms with Crippen molar-refractivity contribution in [2.24, 2.45) is 0 Å². The van der Waals surface area contributed by atoms with Crippen molar-refractivity contribution in [3.63, 3.8) is 0 Å². The molecule has 0 aliphatic carbocycles. The molecule has 2 aromatic carbocycles. The van der Waals surface area contributed by atoms with Gasteiger partial charge in [0.15, 0.2) is 0 Å². The molecule has 0 radical (unpaired) electrons. The maximum absolute atomic E-state index is 12.6. The highest BCUT2D eigenvalue weighted by molar-refractivity contribution is 7.92. The van der Waals surface area contributed by atoms with E-state index in [0.29, 0.717) is 16.9 Å². The molecule has 1 aromatic heterocycles. The third-order valence-corrected chi connectivity index (χ3v) is 5.61. The van der Waals surface area contributed by atoms with Crippen molar-refractivity contribution < 1.29 is 13.2 Å². The fourth-order valence-corrected chi connectivity index (χ4v) is 4.26. The number of benzene rings is 2. The molecule has 0 bridgehead atoms. The first-order chi connectivity index (χ1) is 14.4. The molecule has 1 aliphatic heterocycles. The van der Waals surface area contributed by atoms with Gasteiger partial charge in [0.1, 0.15) is 5.82 Å². The summed E-state index contributed by atoms with van der Waals surface area (Å²) in [5.74, 6) is 0.889. The first-order valence-electron chi connectivity index (χ1n) is 9.89. The van der Waals surface area contributed by atoms with Crippen molar-refractivity contribution >= 4 is 27.3 Å². The molecule has 30 heavy (non-hydrogen) atoms. The summed E-state index contributed by atoms with van der Waals surface area (Å²) in [7, 11) is -3.42. The molecular weight excluding hydrogens is 400 g/mol. The zero-order chi connectivity index (χ0) is 21.1. The largest absolute Gasteiger partial charge is 0.334 e. The zero-order valence-electron chi connectivity index (χ0n) is 16.8. The summed E-state index contributed by atoms with van der Waals surface area (Å²) in [6.45, 7) is 1.000. The minimum Gasteiger partial charge on any atom is -0.334 e. The van der Waals surface area contributed by atoms with E-state index in [0.717, 1.165) is 36.3 Å². The number of nitrogens with zero attached hydrogens (tertiary/aromatic N) is 2. The molecule has 1 aliphatic rings. The van der Waals surface area contributed by atoms with Crippen LogP contribution in [-0.2, 0) is 34.2 Å². The molecule has 156 valence electrons. The second kappa shape index (κ2) is 8.31. The molecule has 2 heterocycles. The summed E-state index contributed by atoms with van der Waals surface area (Å²) in [4.78, 5) is 17.3. The van der Waals surface area contributed by atoms with Crippen molar-refractivity contribution in [3.05, 3.63) is 66.1 Å². The topological polar surface area (TPSA) is 93.1 Å². The van der Waals surface area contributed by atoms with E-state index in [1.165, 1.54) is 12.8 Å². The Morgan fingerprint density at radius 2 is 1.97 bits per heavy atom. The van der Waals surface area contributed by atoms with E-state index in [1.54, 1.807) is 24.3 Å². The highest BCUT2D eigenvalue weighted by Gasteiger charge is 2.14. The van der Waals surface area contributed by atoms with Crippen LogP contribution in [0.3, 0.4) is 0 Å². The number of carbonyl (C=O) groups excluding carboxylic acids is 1. The van der Waals surface area contributed by atoms with Gasteiger partial charge in [-0.25, -0.2) is 13.4 Å². The van der Waals surface area contributed by atoms with Gasteiger partial charge in [0.25, 0.3) is 0 Å². The highest BCUT2D eigenvalue weighted by atomic mass is 32.2. The summed E-state index contributed by atoms with van der Waals surface area (Å²) in [5.41, 5.74) is 3.56. The van der Waals surface area contributed by atoms with Gasteiger partial charge in [-0.1, -0.05) is 30.3 Å². The highest BCUT2D eigenvalue weighted by Crippen LogP contribution is 2.25. The van der Waals surface area contributed by atoms with Crippen molar-refractivity contribution in [1.82, 2.24) is 9.55 Å². The Hall–Kier alpha value is -3.13. The van der Waals surface area contributed by atoms with Gasteiger partial charge in [0.05, 0.1) is 24.1 Å². The Balaban J connectivity index is 1.48. The van der Waals surface area contributed by atoms with Gasteiger partial charge in [0.2, 0.25) is 15.9 Å². The number of hydrogen-bond acceptors (Lipinski definition) is 4. The molecule has 8 heteroatoms. The summed E-state index contributed by atoms with van der Waals surface area (Å²) in [6, 6.07) is 14.5. The van der Waals surface area contributed by atoms with Gasteiger partial charge < -0.3 is 9.88 Å². The number of aryl methyl sites for hydroxylation is 2. The number of imidazole rings is 1. The number of amides is 1. The smallest absolute Gasteiger partial charge is 0.229 e. The third kappa shape index (κ3) is 4.88. The maximum Gasteiger partial charge on any atom is 0.229 e. The van der Waals surface area contributed by atoms with E-state index in [-0.39, 0.29) is 12.3 Å². The van der Waals surface area contributed by atoms with E-state index in [4.69, 9.17) is 4.98 Å². The van der Waals surface area contributed by atoms with Gasteiger partial charge in [-0.15, -0.1) is 0 Å². The average Bonchev–Trinajstić information content (AvgIpc) is 3.13. The van der Waals surface area contributed by atoms with Crippen molar-refractivity contribution in [3.8, 4) is 11.3 Å². The summed E-state index contributed by atoms with van der Waals surface area (Å²) >= 11 is 0. The van der Waals surface area contributed by atoms with Gasteiger partial charge >= 0.3 is 0 Å². The van der Waals surface area contributed by atoms with Crippen LogP contribution in [0.2, 0.25) is 0 Å². The molecule has 0 spiro atoms. The molecular formula is C22H24N4O3S. The van der Waals surface area contributed by atoms with Crippen LogP contribution in [0.25, 0.3) is 11.3 Å². The monoisotopic (exact) mass is 424 g/mol. The number of anilines is 2. The second-order valence-corrected chi connectivity index (χ2v) is 9.28. The summed E-state index contributed by atoms with van der Waals surface area (Å²) in [6.07, 6.45) is 6.56. The number of hydrogen-bond donors (Lipinski definition) is 2. The second-order valence-electron chi connectivity index (χ2n) is 7.53. The van der Waals surface area contributed by atoms with Crippen LogP contribution in [0.4, 0.5) is 11.4 Å². The predicted octanol–water partition coefficient (Wildman–Crippen LogP) is 3.44. The van der Waals surface area contributed by atoms with Crippen LogP contribution in [0, 0.1) is 0 Å². The average molecular weight is 425 g/mol. The number of para-hydroxylation sites is 1. The third-order valence-electron chi connectivity index (χ3n) is 5.01. The summed E-state index contributed by atoms with van der Waals surface area (Å²) < 4.78 is 27.8. The first kappa shape index (κ1) is 20.2. The minimum absolute atomic E-state index is 0.0572. The van der Waals surface area contributed by atoms with Gasteiger partial charge in [-0.05, 0) is 36.6 Å². The Kier molecular flexibility index (Phi) is 5.59. The lowest BCUT2D eigenvalue weighted by Crippen LogP contribution is -2.17. The molecule has 0 unspecified atom stereocenters. The van der Waals surface area contributed by atoms with Crippen LogP contribution in [0.5, 0.6) is 0 Å². The van der Waals surface area contributed by atoms with Gasteiger partial charge in [-0.3, -0.25) is 9.52 Å². The Labute approximate surface area is 176 Å². The molecule has 0 saturated heterocycles. The molecule has 0 atom stereocenters. The molecule has 4 rings (SSSR count). The summed E-state index contributed by atoms with van der Waals surface area (Å²) in [5, 5.41) is 2.90. The number of carbonyl (C=O) groups is 1. The van der Waals surface area contributed by atoms with Crippen LogP contribution >= 0.6 is 0 Å². The van der Waals surface area contributed by atoms with E-state index in [1.807, 2.05) is 24.3 Å². The van der Waals surface area contributed by atoms with E-state index in [2.05, 4.69) is 20.8 Å². The Morgan fingerprint density at radius 3 is 2.77 bits per heavy atom. The van der Waals surface area contributed by atoms with Crippen molar-refractivity contribution in [1.29, 1.82) is 0 Å². The van der Waals surface area contributed by atoms with Crippen LogP contribution in [0.15, 0.2) is 54.7 Å². The predicted molar refractivity (Wildman–Crippen MR) is 118 cm³/mol. The van der Waals surface area contributed by atoms with Crippen LogP contribution in [0.1, 0.15) is 24.2 Å². The van der Waals surface area contributed by atoms with E-state index >= 15 is 0 Å². The molecule has 0 fully saturated rings. The molecule has 1 amide bonds. The van der Waals surface area contributed by atoms with Crippen LogP contribution in [-0.4, -0.2) is 30.1 Å². The zero-order valence-corrected chi connectivity index (χ0v) is 17.6. The molecule has 2 N–H and O–H groups in total. The van der Waals surface area contributed by atoms with Crippen molar-refractivity contribution in [2.45, 2.75) is 32.2 Å². The van der Waals surface area contributed by atoms with Gasteiger partial charge in [0, 0.05) is 30.4 Å². The number of fused-ring (bicyclic) bond motifs is 1. The lowest BCUT2D eigenvalue weighted by atomic mass is 10.1. The Morgan fingerprint density at radius 1 is 1.13 bits per heavy atom. The lowest BCUT2D eigenvalue weighted by molar-refractivity contribution is -0.115. The molecule has 3 aromatic rings. The number of nitrogens with one attached hydrogen (secondary N) is 2. The quantitative estimate of drug-likeness (QED) is 0.634. The fourth-order valence-electron chi connectivity index (χ4n) is 3.66. The first-order valence-corrected chi connectivity index (χ1v) is 11.8. The standard InChI is InChI=1S/C22H24N4O3S/c1-30(28,29)25-19-10-3-2-7-17(19)14-22(27)23-18-9-6-8-16(13-18)20-15-26-12-5-4-11-21(26)24-20/h2-3,6-10,13,15,25H,4-5,11-12,14H2,1H3,(H,23,27). The molecule has 7 nitrogen and oxygen atoms in total. The van der Waals surface area contributed by atoms with E-state index in [9.17, 15) is 13.2 Å². The fraction of sp³-hybridized carbons (Fsp3) is 0.273. The molecule has 0 saturated carbocycles. The van der Waals surface area contributed by atoms with Crippen molar-refractivity contribution in [2.75, 3.05) is 16.3 Å². The van der Waals surface area contributed by atoms with E-state index < -0.39 is 10.0 Å². The Bertz CT molecular complexity index is 1160.